The van der Waals surface area contributed by atoms with E-state index in [9.17, 15) is 19.5 Å². The van der Waals surface area contributed by atoms with E-state index in [2.05, 4.69) is 0 Å². The number of benzene rings is 2. The van der Waals surface area contributed by atoms with Gasteiger partial charge < -0.3 is 10.0 Å². The van der Waals surface area contributed by atoms with Crippen LogP contribution in [-0.4, -0.2) is 40.8 Å². The molecule has 0 spiro atoms. The van der Waals surface area contributed by atoms with Crippen LogP contribution in [0.3, 0.4) is 0 Å². The summed E-state index contributed by atoms with van der Waals surface area (Å²) in [4.78, 5) is 39.8. The number of likely N-dealkylation sites (tertiary alicyclic amines) is 1. The van der Waals surface area contributed by atoms with Gasteiger partial charge in [0.2, 0.25) is 0 Å². The minimum atomic E-state index is -1.25. The summed E-state index contributed by atoms with van der Waals surface area (Å²) in [5.74, 6) is -0.521. The van der Waals surface area contributed by atoms with E-state index < -0.39 is 11.5 Å². The Balaban J connectivity index is 1.85. The molecule has 5 heteroatoms. The van der Waals surface area contributed by atoms with E-state index in [1.54, 1.807) is 24.3 Å². The van der Waals surface area contributed by atoms with Crippen LogP contribution in [0, 0.1) is 12.8 Å². The predicted octanol–water partition coefficient (Wildman–Crippen LogP) is 3.70. The number of nitrogens with zero attached hydrogens (tertiary/aromatic N) is 1. The van der Waals surface area contributed by atoms with Crippen molar-refractivity contribution in [1.82, 2.24) is 4.90 Å². The van der Waals surface area contributed by atoms with Crippen molar-refractivity contribution < 1.29 is 19.5 Å². The molecular formula is C22H21NO4. The smallest absolute Gasteiger partial charge is 0.407 e. The van der Waals surface area contributed by atoms with E-state index >= 15 is 0 Å². The molecule has 0 bridgehead atoms. The van der Waals surface area contributed by atoms with E-state index in [0.29, 0.717) is 37.1 Å². The lowest BCUT2D eigenvalue weighted by molar-refractivity contribution is 0.0635. The summed E-state index contributed by atoms with van der Waals surface area (Å²) in [7, 11) is 0. The largest absolute Gasteiger partial charge is 0.465 e. The first kappa shape index (κ1) is 17.5. The standard InChI is InChI=1S/C22H21NO4/c1-14-5-4-6-16(13-14)22(15-9-11-23(12-10-15)21(26)27)19(24)17-7-2-3-8-18(17)20(22)25/h2-8,13,15H,9-12H2,1H3,(H,26,27). The summed E-state index contributed by atoms with van der Waals surface area (Å²) in [6.07, 6.45) is 0.0302. The monoisotopic (exact) mass is 363 g/mol. The molecule has 1 aliphatic heterocycles. The van der Waals surface area contributed by atoms with Gasteiger partial charge in [-0.1, -0.05) is 54.1 Å². The van der Waals surface area contributed by atoms with Crippen LogP contribution in [0.15, 0.2) is 48.5 Å². The van der Waals surface area contributed by atoms with Gasteiger partial charge in [-0.05, 0) is 31.2 Å². The van der Waals surface area contributed by atoms with Crippen molar-refractivity contribution in [2.45, 2.75) is 25.2 Å². The van der Waals surface area contributed by atoms with Crippen LogP contribution < -0.4 is 0 Å². The van der Waals surface area contributed by atoms with Crippen molar-refractivity contribution in [2.24, 2.45) is 5.92 Å². The summed E-state index contributed by atoms with van der Waals surface area (Å²) < 4.78 is 0. The summed E-state index contributed by atoms with van der Waals surface area (Å²) in [5, 5.41) is 9.25. The molecule has 1 aliphatic carbocycles. The normalized spacial score (nSPS) is 19.2. The molecule has 138 valence electrons. The number of carbonyl (C=O) groups excluding carboxylic acids is 2. The second-order valence-corrected chi connectivity index (χ2v) is 7.43. The quantitative estimate of drug-likeness (QED) is 0.826. The number of amides is 1. The van der Waals surface area contributed by atoms with Crippen molar-refractivity contribution in [3.8, 4) is 0 Å². The molecule has 1 amide bonds. The maximum atomic E-state index is 13.6. The molecule has 0 atom stereocenters. The minimum absolute atomic E-state index is 0.150. The summed E-state index contributed by atoms with van der Waals surface area (Å²) in [6.45, 7) is 2.62. The number of ketones is 2. The Morgan fingerprint density at radius 2 is 1.59 bits per heavy atom. The fourth-order valence-corrected chi connectivity index (χ4v) is 4.67. The third-order valence-electron chi connectivity index (χ3n) is 5.98. The second kappa shape index (κ2) is 6.34. The number of rotatable bonds is 2. The number of hydrogen-bond acceptors (Lipinski definition) is 3. The maximum Gasteiger partial charge on any atom is 0.407 e. The van der Waals surface area contributed by atoms with Gasteiger partial charge in [0.1, 0.15) is 5.41 Å². The summed E-state index contributed by atoms with van der Waals surface area (Å²) in [5.41, 5.74) is 1.42. The van der Waals surface area contributed by atoms with Gasteiger partial charge >= 0.3 is 6.09 Å². The van der Waals surface area contributed by atoms with E-state index in [1.165, 1.54) is 4.90 Å². The van der Waals surface area contributed by atoms with Crippen LogP contribution in [0.5, 0.6) is 0 Å². The van der Waals surface area contributed by atoms with Crippen LogP contribution in [0.2, 0.25) is 0 Å². The van der Waals surface area contributed by atoms with Gasteiger partial charge in [-0.25, -0.2) is 4.79 Å². The van der Waals surface area contributed by atoms with Crippen LogP contribution in [0.1, 0.15) is 44.7 Å². The SMILES string of the molecule is Cc1cccc(C2(C3CCN(C(=O)O)CC3)C(=O)c3ccccc3C2=O)c1. The molecule has 1 saturated heterocycles. The van der Waals surface area contributed by atoms with Crippen molar-refractivity contribution >= 4 is 17.7 Å². The highest BCUT2D eigenvalue weighted by atomic mass is 16.4. The third-order valence-corrected chi connectivity index (χ3v) is 5.98. The summed E-state index contributed by atoms with van der Waals surface area (Å²) >= 11 is 0. The van der Waals surface area contributed by atoms with Crippen molar-refractivity contribution in [2.75, 3.05) is 13.1 Å². The van der Waals surface area contributed by atoms with Gasteiger partial charge in [0.05, 0.1) is 0 Å². The first-order chi connectivity index (χ1) is 13.0. The molecule has 0 unspecified atom stereocenters. The number of piperidine rings is 1. The van der Waals surface area contributed by atoms with Gasteiger partial charge in [-0.2, -0.15) is 0 Å². The van der Waals surface area contributed by atoms with Crippen molar-refractivity contribution in [1.29, 1.82) is 0 Å². The highest BCUT2D eigenvalue weighted by molar-refractivity contribution is 6.33. The molecule has 0 aromatic heterocycles. The third kappa shape index (κ3) is 2.49. The number of aryl methyl sites for hydroxylation is 1. The Labute approximate surface area is 157 Å². The number of carboxylic acid groups (broad SMARTS) is 1. The van der Waals surface area contributed by atoms with Crippen LogP contribution in [-0.2, 0) is 5.41 Å². The number of Topliss-reactive ketones (excluding diaryl/α,β-unsaturated/α-hetero) is 2. The van der Waals surface area contributed by atoms with Crippen molar-refractivity contribution in [3.05, 3.63) is 70.8 Å². The molecule has 0 saturated carbocycles. The molecule has 1 heterocycles. The Bertz CT molecular complexity index is 906. The average Bonchev–Trinajstić information content (AvgIpc) is 2.90. The molecular weight excluding hydrogens is 342 g/mol. The molecule has 2 aromatic rings. The molecule has 2 aromatic carbocycles. The Morgan fingerprint density at radius 1 is 1.00 bits per heavy atom. The van der Waals surface area contributed by atoms with Gasteiger partial charge in [0.25, 0.3) is 0 Å². The molecule has 0 radical (unpaired) electrons. The fraction of sp³-hybridized carbons (Fsp3) is 0.318. The fourth-order valence-electron chi connectivity index (χ4n) is 4.67. The Morgan fingerprint density at radius 3 is 2.11 bits per heavy atom. The highest BCUT2D eigenvalue weighted by Crippen LogP contribution is 2.48. The molecule has 1 fully saturated rings. The summed E-state index contributed by atoms with van der Waals surface area (Å²) in [6, 6.07) is 14.6. The Hall–Kier alpha value is -2.95. The number of fused-ring (bicyclic) bond motifs is 1. The first-order valence-corrected chi connectivity index (χ1v) is 9.20. The topological polar surface area (TPSA) is 74.7 Å². The van der Waals surface area contributed by atoms with E-state index in [-0.39, 0.29) is 17.5 Å². The maximum absolute atomic E-state index is 13.6. The lowest BCUT2D eigenvalue weighted by Gasteiger charge is -2.40. The molecule has 27 heavy (non-hydrogen) atoms. The number of hydrogen-bond donors (Lipinski definition) is 1. The zero-order valence-corrected chi connectivity index (χ0v) is 15.1. The lowest BCUT2D eigenvalue weighted by atomic mass is 9.63. The molecule has 1 N–H and O–H groups in total. The second-order valence-electron chi connectivity index (χ2n) is 7.43. The molecule has 2 aliphatic rings. The zero-order chi connectivity index (χ0) is 19.2. The lowest BCUT2D eigenvalue weighted by Crippen LogP contribution is -2.50. The van der Waals surface area contributed by atoms with Gasteiger partial charge in [-0.15, -0.1) is 0 Å². The molecule has 4 rings (SSSR count). The predicted molar refractivity (Wildman–Crippen MR) is 100 cm³/mol. The van der Waals surface area contributed by atoms with Crippen LogP contribution in [0.25, 0.3) is 0 Å². The first-order valence-electron chi connectivity index (χ1n) is 9.20. The average molecular weight is 363 g/mol. The van der Waals surface area contributed by atoms with Gasteiger partial charge in [0.15, 0.2) is 11.6 Å². The van der Waals surface area contributed by atoms with E-state index in [4.69, 9.17) is 0 Å². The van der Waals surface area contributed by atoms with E-state index in [0.717, 1.165) is 11.1 Å². The van der Waals surface area contributed by atoms with Crippen molar-refractivity contribution in [3.63, 3.8) is 0 Å². The van der Waals surface area contributed by atoms with E-state index in [1.807, 2.05) is 31.2 Å². The molecule has 5 nitrogen and oxygen atoms in total. The zero-order valence-electron chi connectivity index (χ0n) is 15.1. The van der Waals surface area contributed by atoms with Crippen LogP contribution in [0.4, 0.5) is 4.79 Å². The van der Waals surface area contributed by atoms with Gasteiger partial charge in [0, 0.05) is 24.2 Å². The minimum Gasteiger partial charge on any atom is -0.465 e. The Kier molecular flexibility index (Phi) is 4.10. The highest BCUT2D eigenvalue weighted by Gasteiger charge is 2.58. The van der Waals surface area contributed by atoms with Crippen LogP contribution >= 0.6 is 0 Å². The van der Waals surface area contributed by atoms with Gasteiger partial charge in [-0.3, -0.25) is 9.59 Å². The number of carbonyl (C=O) groups is 3.